The molecule has 0 radical (unpaired) electrons. The molecule has 6 nitrogen and oxygen atoms in total. The zero-order valence-electron chi connectivity index (χ0n) is 18.0. The van der Waals surface area contributed by atoms with Crippen LogP contribution in [-0.2, 0) is 17.8 Å². The molecule has 0 spiro atoms. The topological polar surface area (TPSA) is 68.9 Å². The number of carbonyl (C=O) groups excluding carboxylic acids is 1. The van der Waals surface area contributed by atoms with Gasteiger partial charge in [0.25, 0.3) is 5.56 Å². The SMILES string of the molecule is CCc1cccc(-n2c(=O)c3cccnc3n2CC(=O)Nc2ccc(C(C)C)cc2)c1. The summed E-state index contributed by atoms with van der Waals surface area (Å²) in [5.41, 5.74) is 4.06. The van der Waals surface area contributed by atoms with Crippen molar-refractivity contribution >= 4 is 22.6 Å². The molecule has 0 atom stereocenters. The second-order valence-corrected chi connectivity index (χ2v) is 7.90. The predicted molar refractivity (Wildman–Crippen MR) is 124 cm³/mol. The molecule has 1 amide bonds. The molecule has 0 aliphatic rings. The maximum absolute atomic E-state index is 13.2. The van der Waals surface area contributed by atoms with Gasteiger partial charge < -0.3 is 5.32 Å². The molecule has 158 valence electrons. The second kappa shape index (κ2) is 8.60. The lowest BCUT2D eigenvalue weighted by Crippen LogP contribution is -2.27. The molecule has 0 unspecified atom stereocenters. The number of rotatable bonds is 6. The van der Waals surface area contributed by atoms with Crippen LogP contribution in [0.15, 0.2) is 71.7 Å². The van der Waals surface area contributed by atoms with Gasteiger partial charge in [-0.2, -0.15) is 0 Å². The minimum absolute atomic E-state index is 0.0297. The Bertz CT molecular complexity index is 1280. The highest BCUT2D eigenvalue weighted by atomic mass is 16.2. The molecular weight excluding hydrogens is 388 g/mol. The van der Waals surface area contributed by atoms with Gasteiger partial charge in [0.15, 0.2) is 5.65 Å². The molecule has 0 aliphatic heterocycles. The Kier molecular flexibility index (Phi) is 5.71. The molecule has 4 rings (SSSR count). The van der Waals surface area contributed by atoms with Crippen LogP contribution in [-0.4, -0.2) is 20.3 Å². The van der Waals surface area contributed by atoms with Crippen LogP contribution in [0.5, 0.6) is 0 Å². The Morgan fingerprint density at radius 2 is 1.84 bits per heavy atom. The van der Waals surface area contributed by atoms with Crippen molar-refractivity contribution in [2.24, 2.45) is 0 Å². The van der Waals surface area contributed by atoms with E-state index in [1.54, 1.807) is 23.0 Å². The van der Waals surface area contributed by atoms with Crippen molar-refractivity contribution < 1.29 is 4.79 Å². The largest absolute Gasteiger partial charge is 0.324 e. The molecule has 0 aliphatic carbocycles. The van der Waals surface area contributed by atoms with Crippen molar-refractivity contribution in [3.8, 4) is 5.69 Å². The van der Waals surface area contributed by atoms with Crippen LogP contribution < -0.4 is 10.9 Å². The Morgan fingerprint density at radius 3 is 2.55 bits per heavy atom. The Labute approximate surface area is 181 Å². The monoisotopic (exact) mass is 414 g/mol. The van der Waals surface area contributed by atoms with E-state index in [1.165, 1.54) is 10.2 Å². The van der Waals surface area contributed by atoms with Gasteiger partial charge in [-0.15, -0.1) is 0 Å². The zero-order valence-corrected chi connectivity index (χ0v) is 18.0. The number of anilines is 1. The zero-order chi connectivity index (χ0) is 22.0. The molecule has 2 heterocycles. The normalized spacial score (nSPS) is 11.2. The van der Waals surface area contributed by atoms with E-state index < -0.39 is 0 Å². The standard InChI is InChI=1S/C25H26N4O2/c1-4-18-7-5-8-21(15-18)29-25(31)22-9-6-14-26-24(22)28(29)16-23(30)27-20-12-10-19(11-13-20)17(2)3/h5-15,17H,4,16H2,1-3H3,(H,27,30). The Hall–Kier alpha value is -3.67. The Morgan fingerprint density at radius 1 is 1.06 bits per heavy atom. The number of fused-ring (bicyclic) bond motifs is 1. The van der Waals surface area contributed by atoms with E-state index in [9.17, 15) is 9.59 Å². The van der Waals surface area contributed by atoms with Crippen molar-refractivity contribution in [3.05, 3.63) is 88.3 Å². The van der Waals surface area contributed by atoms with Crippen molar-refractivity contribution in [1.29, 1.82) is 0 Å². The highest BCUT2D eigenvalue weighted by molar-refractivity contribution is 5.91. The summed E-state index contributed by atoms with van der Waals surface area (Å²) in [7, 11) is 0. The lowest BCUT2D eigenvalue weighted by Gasteiger charge is -2.14. The van der Waals surface area contributed by atoms with Crippen LogP contribution in [0, 0.1) is 0 Å². The van der Waals surface area contributed by atoms with Gasteiger partial charge >= 0.3 is 0 Å². The number of carbonyl (C=O) groups is 1. The van der Waals surface area contributed by atoms with E-state index in [2.05, 4.69) is 31.1 Å². The van der Waals surface area contributed by atoms with Crippen LogP contribution in [0.2, 0.25) is 0 Å². The van der Waals surface area contributed by atoms with Crippen LogP contribution in [0.25, 0.3) is 16.7 Å². The highest BCUT2D eigenvalue weighted by Crippen LogP contribution is 2.18. The van der Waals surface area contributed by atoms with E-state index >= 15 is 0 Å². The van der Waals surface area contributed by atoms with Crippen molar-refractivity contribution in [2.45, 2.75) is 39.7 Å². The minimum Gasteiger partial charge on any atom is -0.324 e. The molecule has 1 N–H and O–H groups in total. The summed E-state index contributed by atoms with van der Waals surface area (Å²) in [5.74, 6) is 0.204. The first-order chi connectivity index (χ1) is 15.0. The molecule has 0 saturated carbocycles. The summed E-state index contributed by atoms with van der Waals surface area (Å²) >= 11 is 0. The molecule has 2 aromatic heterocycles. The van der Waals surface area contributed by atoms with Gasteiger partial charge in [0.2, 0.25) is 5.91 Å². The number of nitrogens with zero attached hydrogens (tertiary/aromatic N) is 3. The highest BCUT2D eigenvalue weighted by Gasteiger charge is 2.18. The first-order valence-corrected chi connectivity index (χ1v) is 10.5. The summed E-state index contributed by atoms with van der Waals surface area (Å²) in [6.07, 6.45) is 2.49. The molecule has 2 aromatic carbocycles. The fraction of sp³-hybridized carbons (Fsp3) is 0.240. The third-order valence-corrected chi connectivity index (χ3v) is 5.41. The van der Waals surface area contributed by atoms with E-state index in [0.29, 0.717) is 17.0 Å². The molecule has 4 aromatic rings. The third kappa shape index (κ3) is 4.14. The van der Waals surface area contributed by atoms with Crippen molar-refractivity contribution in [3.63, 3.8) is 0 Å². The number of aryl methyl sites for hydroxylation is 1. The average Bonchev–Trinajstić information content (AvgIpc) is 3.05. The lowest BCUT2D eigenvalue weighted by molar-refractivity contribution is -0.116. The van der Waals surface area contributed by atoms with E-state index in [-0.39, 0.29) is 18.0 Å². The first-order valence-electron chi connectivity index (χ1n) is 10.5. The quantitative estimate of drug-likeness (QED) is 0.505. The number of amides is 1. The summed E-state index contributed by atoms with van der Waals surface area (Å²) < 4.78 is 3.18. The molecule has 0 saturated heterocycles. The van der Waals surface area contributed by atoms with E-state index in [4.69, 9.17) is 0 Å². The summed E-state index contributed by atoms with van der Waals surface area (Å²) in [6, 6.07) is 19.1. The van der Waals surface area contributed by atoms with Gasteiger partial charge in [-0.3, -0.25) is 14.3 Å². The summed E-state index contributed by atoms with van der Waals surface area (Å²) in [6.45, 7) is 6.30. The van der Waals surface area contributed by atoms with Gasteiger partial charge in [-0.1, -0.05) is 45.0 Å². The number of hydrogen-bond donors (Lipinski definition) is 1. The smallest absolute Gasteiger partial charge is 0.280 e. The van der Waals surface area contributed by atoms with Gasteiger partial charge in [0, 0.05) is 11.9 Å². The number of benzene rings is 2. The van der Waals surface area contributed by atoms with Crippen LogP contribution >= 0.6 is 0 Å². The van der Waals surface area contributed by atoms with Crippen molar-refractivity contribution in [1.82, 2.24) is 14.3 Å². The van der Waals surface area contributed by atoms with E-state index in [1.807, 2.05) is 48.5 Å². The molecule has 0 bridgehead atoms. The molecule has 31 heavy (non-hydrogen) atoms. The first kappa shape index (κ1) is 20.6. The third-order valence-electron chi connectivity index (χ3n) is 5.41. The van der Waals surface area contributed by atoms with Crippen LogP contribution in [0.4, 0.5) is 5.69 Å². The number of hydrogen-bond acceptors (Lipinski definition) is 3. The maximum Gasteiger partial charge on any atom is 0.280 e. The summed E-state index contributed by atoms with van der Waals surface area (Å²) in [4.78, 5) is 30.4. The van der Waals surface area contributed by atoms with E-state index in [0.717, 1.165) is 23.4 Å². The molecule has 6 heteroatoms. The second-order valence-electron chi connectivity index (χ2n) is 7.90. The predicted octanol–water partition coefficient (Wildman–Crippen LogP) is 4.51. The van der Waals surface area contributed by atoms with Gasteiger partial charge in [-0.25, -0.2) is 9.67 Å². The van der Waals surface area contributed by atoms with Crippen LogP contribution in [0.1, 0.15) is 37.8 Å². The number of aromatic nitrogens is 3. The molecule has 0 fully saturated rings. The summed E-state index contributed by atoms with van der Waals surface area (Å²) in [5, 5.41) is 3.41. The van der Waals surface area contributed by atoms with Crippen molar-refractivity contribution in [2.75, 3.05) is 5.32 Å². The van der Waals surface area contributed by atoms with Gasteiger partial charge in [0.1, 0.15) is 6.54 Å². The van der Waals surface area contributed by atoms with Gasteiger partial charge in [-0.05, 0) is 59.9 Å². The van der Waals surface area contributed by atoms with Gasteiger partial charge in [0.05, 0.1) is 11.1 Å². The Balaban J connectivity index is 1.71. The van der Waals surface area contributed by atoms with Crippen LogP contribution in [0.3, 0.4) is 0 Å². The minimum atomic E-state index is -0.222. The number of pyridine rings is 1. The average molecular weight is 415 g/mol. The lowest BCUT2D eigenvalue weighted by atomic mass is 10.0. The molecular formula is C25H26N4O2. The maximum atomic E-state index is 13.2. The number of nitrogens with one attached hydrogen (secondary N) is 1. The fourth-order valence-electron chi connectivity index (χ4n) is 3.69. The fourth-order valence-corrected chi connectivity index (χ4v) is 3.69.